The van der Waals surface area contributed by atoms with Crippen LogP contribution in [0.4, 0.5) is 4.39 Å². The predicted molar refractivity (Wildman–Crippen MR) is 110 cm³/mol. The van der Waals surface area contributed by atoms with Gasteiger partial charge in [-0.1, -0.05) is 42.5 Å². The first-order chi connectivity index (χ1) is 12.8. The van der Waals surface area contributed by atoms with E-state index in [2.05, 4.69) is 46.8 Å². The van der Waals surface area contributed by atoms with E-state index in [0.717, 1.165) is 42.0 Å². The number of aromatic nitrogens is 1. The van der Waals surface area contributed by atoms with Crippen LogP contribution in [0.25, 0.3) is 16.5 Å². The Morgan fingerprint density at radius 2 is 1.92 bits per heavy atom. The Morgan fingerprint density at radius 3 is 2.85 bits per heavy atom. The molecule has 2 heterocycles. The molecule has 1 unspecified atom stereocenters. The van der Waals surface area contributed by atoms with E-state index in [1.54, 1.807) is 12.1 Å². The van der Waals surface area contributed by atoms with Crippen LogP contribution in [0.5, 0.6) is 0 Å². The molecule has 1 aliphatic heterocycles. The van der Waals surface area contributed by atoms with Crippen molar-refractivity contribution in [3.05, 3.63) is 77.7 Å². The summed E-state index contributed by atoms with van der Waals surface area (Å²) in [6.07, 6.45) is 6.23. The van der Waals surface area contributed by atoms with Gasteiger partial charge in [0.15, 0.2) is 0 Å². The number of H-pyrrole nitrogens is 1. The van der Waals surface area contributed by atoms with Gasteiger partial charge in [0.2, 0.25) is 0 Å². The van der Waals surface area contributed by atoms with Crippen molar-refractivity contribution < 1.29 is 4.39 Å². The van der Waals surface area contributed by atoms with E-state index in [4.69, 9.17) is 0 Å². The first kappa shape index (κ1) is 17.4. The van der Waals surface area contributed by atoms with Crippen LogP contribution in [0.1, 0.15) is 24.0 Å². The zero-order valence-corrected chi connectivity index (χ0v) is 15.5. The lowest BCUT2D eigenvalue weighted by Crippen LogP contribution is -2.33. The molecule has 2 nitrogen and oxygen atoms in total. The topological polar surface area (TPSA) is 27.8 Å². The van der Waals surface area contributed by atoms with Crippen LogP contribution in [-0.4, -0.2) is 23.3 Å². The van der Waals surface area contributed by atoms with Gasteiger partial charge in [-0.25, -0.2) is 4.39 Å². The zero-order valence-electron chi connectivity index (χ0n) is 14.7. The number of aromatic amines is 1. The van der Waals surface area contributed by atoms with E-state index >= 15 is 0 Å². The van der Waals surface area contributed by atoms with Gasteiger partial charge in [-0.2, -0.15) is 11.8 Å². The van der Waals surface area contributed by atoms with Crippen molar-refractivity contribution >= 4 is 28.2 Å². The predicted octanol–water partition coefficient (Wildman–Crippen LogP) is 5.38. The summed E-state index contributed by atoms with van der Waals surface area (Å²) in [5.41, 5.74) is 4.46. The van der Waals surface area contributed by atoms with Crippen molar-refractivity contribution in [2.75, 3.05) is 12.3 Å². The summed E-state index contributed by atoms with van der Waals surface area (Å²) < 4.78 is 14.0. The standard InChI is InChI=1S/C22H23FN2S/c23-21-7-3-1-5-19(21)16-9-11-24-18(13-16)10-12-26-15-17-14-25-22-8-4-2-6-20(17)22/h1-9,14,18,24-25H,10-13,15H2. The van der Waals surface area contributed by atoms with Crippen LogP contribution in [0.15, 0.2) is 60.8 Å². The molecule has 2 aromatic carbocycles. The molecule has 0 saturated heterocycles. The van der Waals surface area contributed by atoms with Gasteiger partial charge in [0.05, 0.1) is 0 Å². The molecule has 0 bridgehead atoms. The molecule has 2 N–H and O–H groups in total. The number of fused-ring (bicyclic) bond motifs is 1. The Balaban J connectivity index is 1.29. The van der Waals surface area contributed by atoms with Crippen LogP contribution in [0, 0.1) is 5.82 Å². The van der Waals surface area contributed by atoms with Crippen LogP contribution < -0.4 is 5.32 Å². The third-order valence-corrected chi connectivity index (χ3v) is 6.02. The number of halogens is 1. The largest absolute Gasteiger partial charge is 0.361 e. The Kier molecular flexibility index (Phi) is 5.42. The third-order valence-electron chi connectivity index (χ3n) is 4.98. The number of hydrogen-bond acceptors (Lipinski definition) is 2. The van der Waals surface area contributed by atoms with Crippen LogP contribution in [0.2, 0.25) is 0 Å². The molecule has 3 aromatic rings. The van der Waals surface area contributed by atoms with E-state index in [1.807, 2.05) is 23.9 Å². The average molecular weight is 367 g/mol. The highest BCUT2D eigenvalue weighted by Crippen LogP contribution is 2.27. The van der Waals surface area contributed by atoms with Crippen molar-refractivity contribution in [3.8, 4) is 0 Å². The Bertz CT molecular complexity index is 915. The second-order valence-electron chi connectivity index (χ2n) is 6.72. The van der Waals surface area contributed by atoms with Gasteiger partial charge in [0, 0.05) is 41.0 Å². The molecule has 0 aliphatic carbocycles. The minimum Gasteiger partial charge on any atom is -0.361 e. The van der Waals surface area contributed by atoms with E-state index < -0.39 is 0 Å². The SMILES string of the molecule is Fc1ccccc1C1=CCNC(CCSCc2c[nH]c3ccccc23)C1. The summed E-state index contributed by atoms with van der Waals surface area (Å²) in [5, 5.41) is 4.86. The van der Waals surface area contributed by atoms with Crippen LogP contribution >= 0.6 is 11.8 Å². The van der Waals surface area contributed by atoms with E-state index in [1.165, 1.54) is 16.5 Å². The maximum Gasteiger partial charge on any atom is 0.130 e. The lowest BCUT2D eigenvalue weighted by molar-refractivity contribution is 0.522. The quantitative estimate of drug-likeness (QED) is 0.574. The maximum atomic E-state index is 14.0. The lowest BCUT2D eigenvalue weighted by atomic mass is 9.94. The van der Waals surface area contributed by atoms with E-state index in [0.29, 0.717) is 6.04 Å². The molecule has 26 heavy (non-hydrogen) atoms. The molecule has 0 fully saturated rings. The fraction of sp³-hybridized carbons (Fsp3) is 0.273. The maximum absolute atomic E-state index is 14.0. The highest BCUT2D eigenvalue weighted by atomic mass is 32.2. The highest BCUT2D eigenvalue weighted by molar-refractivity contribution is 7.98. The fourth-order valence-electron chi connectivity index (χ4n) is 3.57. The normalized spacial score (nSPS) is 17.4. The average Bonchev–Trinajstić information content (AvgIpc) is 3.09. The van der Waals surface area contributed by atoms with Gasteiger partial charge in [-0.05, 0) is 41.9 Å². The summed E-state index contributed by atoms with van der Waals surface area (Å²) in [6.45, 7) is 0.821. The van der Waals surface area contributed by atoms with Crippen molar-refractivity contribution in [1.29, 1.82) is 0 Å². The first-order valence-electron chi connectivity index (χ1n) is 9.11. The van der Waals surface area contributed by atoms with Gasteiger partial charge in [0.1, 0.15) is 5.82 Å². The number of rotatable bonds is 6. The Morgan fingerprint density at radius 1 is 1.08 bits per heavy atom. The molecule has 1 aromatic heterocycles. The number of benzene rings is 2. The third kappa shape index (κ3) is 3.87. The minimum atomic E-state index is -0.117. The molecule has 134 valence electrons. The minimum absolute atomic E-state index is 0.117. The van der Waals surface area contributed by atoms with Gasteiger partial charge in [-0.15, -0.1) is 0 Å². The van der Waals surface area contributed by atoms with Crippen molar-refractivity contribution in [1.82, 2.24) is 10.3 Å². The second kappa shape index (κ2) is 8.11. The molecule has 4 heteroatoms. The van der Waals surface area contributed by atoms with Crippen LogP contribution in [-0.2, 0) is 5.75 Å². The molecule has 1 aliphatic rings. The van der Waals surface area contributed by atoms with Crippen LogP contribution in [0.3, 0.4) is 0 Å². The number of para-hydroxylation sites is 1. The zero-order chi connectivity index (χ0) is 17.8. The van der Waals surface area contributed by atoms with Gasteiger partial charge in [0.25, 0.3) is 0 Å². The monoisotopic (exact) mass is 366 g/mol. The van der Waals surface area contributed by atoms with Gasteiger partial charge >= 0.3 is 0 Å². The summed E-state index contributed by atoms with van der Waals surface area (Å²) >= 11 is 1.97. The van der Waals surface area contributed by atoms with Crippen molar-refractivity contribution in [2.45, 2.75) is 24.6 Å². The summed E-state index contributed by atoms with van der Waals surface area (Å²) in [7, 11) is 0. The molecule has 1 atom stereocenters. The number of nitrogens with one attached hydrogen (secondary N) is 2. The second-order valence-corrected chi connectivity index (χ2v) is 7.82. The summed E-state index contributed by atoms with van der Waals surface area (Å²) in [6, 6.07) is 16.0. The summed E-state index contributed by atoms with van der Waals surface area (Å²) in [4.78, 5) is 3.34. The van der Waals surface area contributed by atoms with Gasteiger partial charge in [-0.3, -0.25) is 0 Å². The molecule has 0 saturated carbocycles. The highest BCUT2D eigenvalue weighted by Gasteiger charge is 2.17. The number of hydrogen-bond donors (Lipinski definition) is 2. The Hall–Kier alpha value is -2.04. The number of thioether (sulfide) groups is 1. The Labute approximate surface area is 157 Å². The van der Waals surface area contributed by atoms with E-state index in [-0.39, 0.29) is 5.82 Å². The lowest BCUT2D eigenvalue weighted by Gasteiger charge is -2.24. The molecular weight excluding hydrogens is 343 g/mol. The molecular formula is C22H23FN2S. The molecule has 4 rings (SSSR count). The molecule has 0 radical (unpaired) electrons. The van der Waals surface area contributed by atoms with E-state index in [9.17, 15) is 4.39 Å². The fourth-order valence-corrected chi connectivity index (χ4v) is 4.63. The van der Waals surface area contributed by atoms with Crippen molar-refractivity contribution in [2.24, 2.45) is 0 Å². The van der Waals surface area contributed by atoms with Crippen molar-refractivity contribution in [3.63, 3.8) is 0 Å². The summed E-state index contributed by atoms with van der Waals surface area (Å²) in [5.74, 6) is 2.00. The molecule has 0 amide bonds. The first-order valence-corrected chi connectivity index (χ1v) is 10.3. The van der Waals surface area contributed by atoms with Gasteiger partial charge < -0.3 is 10.3 Å². The molecule has 0 spiro atoms. The smallest absolute Gasteiger partial charge is 0.130 e.